The molecule has 5 aromatic rings. The van der Waals surface area contributed by atoms with Gasteiger partial charge >= 0.3 is 5.16 Å². The molecule has 0 fully saturated rings. The number of H-pyrrole nitrogens is 1. The molecule has 1 amide bonds. The Morgan fingerprint density at radius 3 is 2.08 bits per heavy atom. The van der Waals surface area contributed by atoms with Crippen LogP contribution in [0.4, 0.5) is 5.69 Å². The number of para-hydroxylation sites is 2. The number of aromatic amines is 1. The highest BCUT2D eigenvalue weighted by molar-refractivity contribution is 7.99. The van der Waals surface area contributed by atoms with Crippen LogP contribution in [0.5, 0.6) is 11.5 Å². The number of hydrogen-bond acceptors (Lipinski definition) is 5. The van der Waals surface area contributed by atoms with Gasteiger partial charge < -0.3 is 14.8 Å². The highest BCUT2D eigenvalue weighted by Gasteiger charge is 2.29. The van der Waals surface area contributed by atoms with Gasteiger partial charge in [0.25, 0.3) is 0 Å². The van der Waals surface area contributed by atoms with E-state index in [1.54, 1.807) is 38.5 Å². The average Bonchev–Trinajstić information content (AvgIpc) is 3.40. The maximum Gasteiger partial charge on any atom is 0.322 e. The van der Waals surface area contributed by atoms with Crippen molar-refractivity contribution in [1.29, 1.82) is 5.26 Å². The first-order valence-electron chi connectivity index (χ1n) is 12.6. The number of hydrogen-bond donors (Lipinski definition) is 2. The van der Waals surface area contributed by atoms with Crippen LogP contribution in [0.25, 0.3) is 28.2 Å². The zero-order valence-electron chi connectivity index (χ0n) is 22.0. The summed E-state index contributed by atoms with van der Waals surface area (Å²) in [6.07, 6.45) is 0. The number of carbonyl (C=O) groups excluding carboxylic acids is 1. The van der Waals surface area contributed by atoms with Crippen LogP contribution in [0.3, 0.4) is 0 Å². The molecule has 1 heterocycles. The van der Waals surface area contributed by atoms with Crippen molar-refractivity contribution in [1.82, 2.24) is 4.98 Å². The molecular weight excluding hydrogens is 520 g/mol. The molecule has 4 aromatic carbocycles. The van der Waals surface area contributed by atoms with Gasteiger partial charge in [-0.15, -0.1) is 0 Å². The quantitative estimate of drug-likeness (QED) is 0.168. The Labute approximate surface area is 237 Å². The second kappa shape index (κ2) is 12.2. The zero-order valence-corrected chi connectivity index (χ0v) is 22.9. The van der Waals surface area contributed by atoms with E-state index >= 15 is 0 Å². The number of ether oxygens (including phenoxy) is 2. The van der Waals surface area contributed by atoms with E-state index in [1.807, 2.05) is 78.9 Å². The second-order valence-corrected chi connectivity index (χ2v) is 9.74. The van der Waals surface area contributed by atoms with Crippen LogP contribution in [0.2, 0.25) is 0 Å². The molecule has 2 N–H and O–H groups in total. The number of aromatic nitrogens is 2. The van der Waals surface area contributed by atoms with Gasteiger partial charge in [-0.2, -0.15) is 9.83 Å². The molecule has 1 aromatic heterocycles. The third kappa shape index (κ3) is 5.70. The minimum absolute atomic E-state index is 0.136. The summed E-state index contributed by atoms with van der Waals surface area (Å²) >= 11 is 1.39. The minimum atomic E-state index is -0.209. The van der Waals surface area contributed by atoms with E-state index in [2.05, 4.69) is 20.9 Å². The van der Waals surface area contributed by atoms with Gasteiger partial charge in [-0.3, -0.25) is 4.79 Å². The summed E-state index contributed by atoms with van der Waals surface area (Å²) in [6.45, 7) is 0. The molecule has 0 spiro atoms. The first-order valence-corrected chi connectivity index (χ1v) is 13.5. The van der Waals surface area contributed by atoms with Crippen LogP contribution in [-0.4, -0.2) is 30.9 Å². The average molecular weight is 548 g/mol. The van der Waals surface area contributed by atoms with Gasteiger partial charge in [0.15, 0.2) is 11.4 Å². The molecule has 40 heavy (non-hydrogen) atoms. The number of carbonyl (C=O) groups is 1. The molecule has 0 atom stereocenters. The van der Waals surface area contributed by atoms with E-state index in [9.17, 15) is 10.1 Å². The van der Waals surface area contributed by atoms with Crippen molar-refractivity contribution in [2.75, 3.05) is 25.3 Å². The molecule has 5 rings (SSSR count). The Kier molecular flexibility index (Phi) is 8.14. The lowest BCUT2D eigenvalue weighted by Crippen LogP contribution is -2.34. The molecule has 0 bridgehead atoms. The highest BCUT2D eigenvalue weighted by Crippen LogP contribution is 2.34. The topological polar surface area (TPSA) is 91.0 Å². The van der Waals surface area contributed by atoms with Gasteiger partial charge in [-0.1, -0.05) is 30.3 Å². The Bertz CT molecular complexity index is 1660. The summed E-state index contributed by atoms with van der Waals surface area (Å²) in [5.41, 5.74) is 5.65. The predicted octanol–water partition coefficient (Wildman–Crippen LogP) is 6.25. The minimum Gasteiger partial charge on any atom is -0.497 e. The summed E-state index contributed by atoms with van der Waals surface area (Å²) in [7, 11) is 3.29. The molecule has 0 radical (unpaired) electrons. The van der Waals surface area contributed by atoms with E-state index in [-0.39, 0.29) is 11.7 Å². The molecule has 0 saturated carbocycles. The van der Waals surface area contributed by atoms with Crippen LogP contribution in [0.15, 0.2) is 108 Å². The number of nitrogens with zero attached hydrogens (tertiary/aromatic N) is 2. The van der Waals surface area contributed by atoms with Gasteiger partial charge in [0, 0.05) is 11.1 Å². The van der Waals surface area contributed by atoms with Gasteiger partial charge in [0.1, 0.15) is 23.3 Å². The highest BCUT2D eigenvalue weighted by atomic mass is 32.2. The molecule has 0 saturated heterocycles. The van der Waals surface area contributed by atoms with E-state index in [0.29, 0.717) is 11.3 Å². The van der Waals surface area contributed by atoms with Gasteiger partial charge in [0.05, 0.1) is 31.2 Å². The fourth-order valence-corrected chi connectivity index (χ4v) is 5.20. The second-order valence-electron chi connectivity index (χ2n) is 8.78. The summed E-state index contributed by atoms with van der Waals surface area (Å²) < 4.78 is 12.9. The smallest absolute Gasteiger partial charge is 0.322 e. The molecule has 198 valence electrons. The number of thioether (sulfide) groups is 1. The largest absolute Gasteiger partial charge is 0.497 e. The Morgan fingerprint density at radius 1 is 0.850 bits per heavy atom. The van der Waals surface area contributed by atoms with Crippen LogP contribution < -0.4 is 19.4 Å². The number of imidazole rings is 1. The van der Waals surface area contributed by atoms with Crippen molar-refractivity contribution < 1.29 is 18.8 Å². The number of rotatable bonds is 9. The predicted molar refractivity (Wildman–Crippen MR) is 157 cm³/mol. The van der Waals surface area contributed by atoms with Crippen molar-refractivity contribution in [3.05, 3.63) is 109 Å². The number of anilines is 1. The Hall–Kier alpha value is -5.00. The summed E-state index contributed by atoms with van der Waals surface area (Å²) in [6, 6.07) is 34.9. The summed E-state index contributed by atoms with van der Waals surface area (Å²) in [4.78, 5) is 16.6. The summed E-state index contributed by atoms with van der Waals surface area (Å²) in [5.74, 6) is 1.46. The lowest BCUT2D eigenvalue weighted by Gasteiger charge is -2.08. The van der Waals surface area contributed by atoms with Crippen LogP contribution in [0.1, 0.15) is 5.56 Å². The van der Waals surface area contributed by atoms with Gasteiger partial charge in [-0.05, 0) is 84.6 Å². The Morgan fingerprint density at radius 2 is 1.45 bits per heavy atom. The monoisotopic (exact) mass is 547 g/mol. The number of nitrogens with one attached hydrogen (secondary N) is 2. The fourth-order valence-electron chi connectivity index (χ4n) is 4.36. The molecule has 8 heteroatoms. The molecule has 7 nitrogen and oxygen atoms in total. The maximum absolute atomic E-state index is 13.0. The number of methoxy groups -OCH3 is 2. The lowest BCUT2D eigenvalue weighted by molar-refractivity contribution is -0.624. The standard InChI is InChI=1S/C32H26N4O3S/c1-38-26-16-12-22(13-17-26)30-31(23-14-18-27(39-2)19-15-23)36(25-9-4-3-5-10-25)32(35-30)40-21-29(37)34-28-11-7-6-8-24(28)20-33/h3-19H,21H2,1-2H3,(H,34,37)/p+1. The zero-order chi connectivity index (χ0) is 27.9. The van der Waals surface area contributed by atoms with Crippen LogP contribution in [-0.2, 0) is 4.79 Å². The van der Waals surface area contributed by atoms with Crippen molar-refractivity contribution in [3.63, 3.8) is 0 Å². The molecule has 0 aliphatic rings. The number of amides is 1. The first kappa shape index (κ1) is 26.6. The number of benzene rings is 4. The van der Waals surface area contributed by atoms with E-state index in [0.717, 1.165) is 44.9 Å². The Balaban J connectivity index is 1.59. The van der Waals surface area contributed by atoms with Crippen molar-refractivity contribution in [3.8, 4) is 45.8 Å². The molecule has 0 aliphatic heterocycles. The van der Waals surface area contributed by atoms with Crippen molar-refractivity contribution >= 4 is 23.4 Å². The maximum atomic E-state index is 13.0. The van der Waals surface area contributed by atoms with Crippen LogP contribution >= 0.6 is 11.8 Å². The molecule has 0 unspecified atom stereocenters. The van der Waals surface area contributed by atoms with Gasteiger partial charge in [0.2, 0.25) is 5.91 Å². The van der Waals surface area contributed by atoms with Crippen molar-refractivity contribution in [2.45, 2.75) is 5.16 Å². The lowest BCUT2D eigenvalue weighted by atomic mass is 10.0. The van der Waals surface area contributed by atoms with Crippen molar-refractivity contribution in [2.24, 2.45) is 0 Å². The number of nitriles is 1. The first-order chi connectivity index (χ1) is 19.6. The van der Waals surface area contributed by atoms with E-state index in [4.69, 9.17) is 9.47 Å². The fraction of sp³-hybridized carbons (Fsp3) is 0.0938. The normalized spacial score (nSPS) is 10.5. The third-order valence-electron chi connectivity index (χ3n) is 6.31. The van der Waals surface area contributed by atoms with Gasteiger partial charge in [-0.25, -0.2) is 4.98 Å². The molecular formula is C32H27N4O3S+. The third-order valence-corrected chi connectivity index (χ3v) is 7.28. The molecule has 0 aliphatic carbocycles. The SMILES string of the molecule is COc1ccc(-c2[nH]c(SCC(=O)Nc3ccccc3C#N)[n+](-c3ccccc3)c2-c2ccc(OC)cc2)cc1. The summed E-state index contributed by atoms with van der Waals surface area (Å²) in [5, 5.41) is 13.0. The van der Waals surface area contributed by atoms with E-state index in [1.165, 1.54) is 11.8 Å². The van der Waals surface area contributed by atoms with E-state index < -0.39 is 0 Å². The van der Waals surface area contributed by atoms with Crippen LogP contribution in [0, 0.1) is 11.3 Å².